The van der Waals surface area contributed by atoms with Crippen LogP contribution in [0.4, 0.5) is 0 Å². The molecule has 0 aliphatic carbocycles. The molecule has 1 aliphatic heterocycles. The summed E-state index contributed by atoms with van der Waals surface area (Å²) in [6.07, 6.45) is -0.200. The van der Waals surface area contributed by atoms with Crippen LogP contribution in [0.15, 0.2) is 0 Å². The van der Waals surface area contributed by atoms with Crippen LogP contribution in [-0.2, 0) is 14.4 Å². The minimum atomic E-state index is -1.06. The molecule has 1 rings (SSSR count). The average molecular weight is 276 g/mol. The lowest BCUT2D eigenvalue weighted by atomic mass is 10.1. The molecule has 0 aromatic rings. The number of hydrogen-bond acceptors (Lipinski definition) is 5. The molecule has 8 heteroatoms. The van der Waals surface area contributed by atoms with E-state index in [1.165, 1.54) is 16.7 Å². The monoisotopic (exact) mass is 276 g/mol. The Labute approximate surface area is 108 Å². The SMILES string of the molecule is C[C@@H]1SC[C@H](C(=O)O)N1C(=O)[C@@H](N)CCC(=O)O. The standard InChI is InChI=1S/C10H16N2O5S/c1-5-12(7(4-18-5)10(16)17)9(15)6(11)2-3-8(13)14/h5-7H,2-4,11H2,1H3,(H,13,14)(H,16,17)/t5-,6-,7+/m0/s1. The van der Waals surface area contributed by atoms with Gasteiger partial charge in [-0.05, 0) is 13.3 Å². The molecule has 0 spiro atoms. The smallest absolute Gasteiger partial charge is 0.327 e. The van der Waals surface area contributed by atoms with Crippen LogP contribution in [0.1, 0.15) is 19.8 Å². The summed E-state index contributed by atoms with van der Waals surface area (Å²) in [6.45, 7) is 1.73. The van der Waals surface area contributed by atoms with Crippen molar-refractivity contribution in [2.45, 2.75) is 37.2 Å². The highest BCUT2D eigenvalue weighted by Crippen LogP contribution is 2.29. The number of carbonyl (C=O) groups excluding carboxylic acids is 1. The first-order valence-electron chi connectivity index (χ1n) is 5.48. The highest BCUT2D eigenvalue weighted by atomic mass is 32.2. The summed E-state index contributed by atoms with van der Waals surface area (Å²) in [7, 11) is 0. The molecule has 1 aliphatic rings. The zero-order valence-electron chi connectivity index (χ0n) is 9.91. The number of rotatable bonds is 5. The van der Waals surface area contributed by atoms with Gasteiger partial charge in [-0.15, -0.1) is 11.8 Å². The van der Waals surface area contributed by atoms with Gasteiger partial charge in [0.1, 0.15) is 6.04 Å². The van der Waals surface area contributed by atoms with E-state index in [-0.39, 0.29) is 18.2 Å². The summed E-state index contributed by atoms with van der Waals surface area (Å²) in [5.41, 5.74) is 5.61. The third-order valence-electron chi connectivity index (χ3n) is 2.75. The largest absolute Gasteiger partial charge is 0.481 e. The Hall–Kier alpha value is -1.28. The fraction of sp³-hybridized carbons (Fsp3) is 0.700. The van der Waals surface area contributed by atoms with Gasteiger partial charge in [0.25, 0.3) is 0 Å². The summed E-state index contributed by atoms with van der Waals surface area (Å²) < 4.78 is 0. The molecule has 0 aromatic heterocycles. The number of aliphatic carboxylic acids is 2. The molecule has 1 amide bonds. The van der Waals surface area contributed by atoms with Crippen LogP contribution in [0.5, 0.6) is 0 Å². The van der Waals surface area contributed by atoms with Gasteiger partial charge < -0.3 is 20.8 Å². The van der Waals surface area contributed by atoms with Crippen molar-refractivity contribution in [3.63, 3.8) is 0 Å². The zero-order valence-corrected chi connectivity index (χ0v) is 10.7. The Morgan fingerprint density at radius 2 is 2.06 bits per heavy atom. The van der Waals surface area contributed by atoms with Crippen molar-refractivity contribution in [3.8, 4) is 0 Å². The van der Waals surface area contributed by atoms with E-state index in [4.69, 9.17) is 15.9 Å². The third kappa shape index (κ3) is 3.36. The maximum absolute atomic E-state index is 12.0. The number of nitrogens with two attached hydrogens (primary N) is 1. The van der Waals surface area contributed by atoms with E-state index in [0.717, 1.165) is 0 Å². The second kappa shape index (κ2) is 6.05. The molecule has 102 valence electrons. The van der Waals surface area contributed by atoms with Gasteiger partial charge in [-0.1, -0.05) is 0 Å². The van der Waals surface area contributed by atoms with Crippen molar-refractivity contribution in [1.29, 1.82) is 0 Å². The first-order valence-corrected chi connectivity index (χ1v) is 6.53. The van der Waals surface area contributed by atoms with E-state index < -0.39 is 29.9 Å². The van der Waals surface area contributed by atoms with Gasteiger partial charge in [0, 0.05) is 12.2 Å². The van der Waals surface area contributed by atoms with Crippen LogP contribution in [-0.4, -0.2) is 56.2 Å². The predicted octanol–water partition coefficient (Wildman–Crippen LogP) is -0.447. The van der Waals surface area contributed by atoms with Crippen LogP contribution in [0.2, 0.25) is 0 Å². The molecule has 0 radical (unpaired) electrons. The van der Waals surface area contributed by atoms with Gasteiger partial charge in [0.2, 0.25) is 5.91 Å². The van der Waals surface area contributed by atoms with Gasteiger partial charge in [-0.25, -0.2) is 4.79 Å². The Balaban J connectivity index is 2.68. The molecule has 1 fully saturated rings. The lowest BCUT2D eigenvalue weighted by Crippen LogP contribution is -2.51. The van der Waals surface area contributed by atoms with Gasteiger partial charge in [-0.2, -0.15) is 0 Å². The lowest BCUT2D eigenvalue weighted by Gasteiger charge is -2.27. The normalized spacial score (nSPS) is 24.9. The number of amides is 1. The quantitative estimate of drug-likeness (QED) is 0.622. The van der Waals surface area contributed by atoms with Crippen molar-refractivity contribution in [1.82, 2.24) is 4.90 Å². The average Bonchev–Trinajstić information content (AvgIpc) is 2.67. The van der Waals surface area contributed by atoms with Gasteiger partial charge in [0.05, 0.1) is 11.4 Å². The fourth-order valence-electron chi connectivity index (χ4n) is 1.76. The molecular weight excluding hydrogens is 260 g/mol. The Kier molecular flexibility index (Phi) is 4.97. The lowest BCUT2D eigenvalue weighted by molar-refractivity contribution is -0.149. The molecule has 18 heavy (non-hydrogen) atoms. The Morgan fingerprint density at radius 1 is 1.44 bits per heavy atom. The molecule has 4 N–H and O–H groups in total. The van der Waals surface area contributed by atoms with Crippen LogP contribution >= 0.6 is 11.8 Å². The van der Waals surface area contributed by atoms with Crippen molar-refractivity contribution in [2.75, 3.05) is 5.75 Å². The molecule has 0 unspecified atom stereocenters. The second-order valence-electron chi connectivity index (χ2n) is 4.07. The molecular formula is C10H16N2O5S. The minimum Gasteiger partial charge on any atom is -0.481 e. The predicted molar refractivity (Wildman–Crippen MR) is 65.0 cm³/mol. The van der Waals surface area contributed by atoms with Gasteiger partial charge in [-0.3, -0.25) is 9.59 Å². The van der Waals surface area contributed by atoms with Crippen LogP contribution in [0.3, 0.4) is 0 Å². The number of carbonyl (C=O) groups is 3. The van der Waals surface area contributed by atoms with Crippen molar-refractivity contribution >= 4 is 29.6 Å². The molecule has 0 bridgehead atoms. The first-order chi connectivity index (χ1) is 8.34. The summed E-state index contributed by atoms with van der Waals surface area (Å²) in [4.78, 5) is 34.7. The molecule has 0 saturated carbocycles. The number of carboxylic acid groups (broad SMARTS) is 2. The highest BCUT2D eigenvalue weighted by Gasteiger charge is 2.40. The van der Waals surface area contributed by atoms with Gasteiger partial charge >= 0.3 is 11.9 Å². The first kappa shape index (κ1) is 14.8. The Bertz CT molecular complexity index is 362. The maximum atomic E-state index is 12.0. The fourth-order valence-corrected chi connectivity index (χ4v) is 2.94. The Morgan fingerprint density at radius 3 is 2.56 bits per heavy atom. The van der Waals surface area contributed by atoms with Crippen molar-refractivity contribution < 1.29 is 24.6 Å². The van der Waals surface area contributed by atoms with Crippen molar-refractivity contribution in [3.05, 3.63) is 0 Å². The van der Waals surface area contributed by atoms with Crippen LogP contribution < -0.4 is 5.73 Å². The molecule has 1 saturated heterocycles. The highest BCUT2D eigenvalue weighted by molar-refractivity contribution is 8.00. The zero-order chi connectivity index (χ0) is 13.9. The molecule has 3 atom stereocenters. The minimum absolute atomic E-state index is 0.00833. The number of thioether (sulfide) groups is 1. The summed E-state index contributed by atoms with van der Waals surface area (Å²) in [5.74, 6) is -2.27. The number of carboxylic acids is 2. The molecule has 7 nitrogen and oxygen atoms in total. The van der Waals surface area contributed by atoms with E-state index in [1.807, 2.05) is 0 Å². The van der Waals surface area contributed by atoms with E-state index in [1.54, 1.807) is 6.92 Å². The summed E-state index contributed by atoms with van der Waals surface area (Å²) in [5, 5.41) is 17.3. The van der Waals surface area contributed by atoms with E-state index in [0.29, 0.717) is 5.75 Å². The van der Waals surface area contributed by atoms with E-state index in [9.17, 15) is 14.4 Å². The molecule has 1 heterocycles. The second-order valence-corrected chi connectivity index (χ2v) is 5.42. The van der Waals surface area contributed by atoms with Gasteiger partial charge in [0.15, 0.2) is 0 Å². The van der Waals surface area contributed by atoms with E-state index >= 15 is 0 Å². The topological polar surface area (TPSA) is 121 Å². The van der Waals surface area contributed by atoms with Crippen LogP contribution in [0, 0.1) is 0 Å². The van der Waals surface area contributed by atoms with Crippen molar-refractivity contribution in [2.24, 2.45) is 5.73 Å². The summed E-state index contributed by atoms with van der Waals surface area (Å²) >= 11 is 1.36. The van der Waals surface area contributed by atoms with E-state index in [2.05, 4.69) is 0 Å². The van der Waals surface area contributed by atoms with Crippen LogP contribution in [0.25, 0.3) is 0 Å². The maximum Gasteiger partial charge on any atom is 0.327 e. The third-order valence-corrected chi connectivity index (χ3v) is 3.97. The summed E-state index contributed by atoms with van der Waals surface area (Å²) in [6, 6.07) is -1.85. The number of hydrogen-bond donors (Lipinski definition) is 3. The number of nitrogens with zero attached hydrogens (tertiary/aromatic N) is 1. The molecule has 0 aromatic carbocycles.